The largest absolute Gasteiger partial charge is 0.356 e. The number of piperidine rings is 1. The minimum atomic E-state index is 0.744. The van der Waals surface area contributed by atoms with Gasteiger partial charge in [0.05, 0.1) is 6.54 Å². The zero-order valence-corrected chi connectivity index (χ0v) is 15.9. The molecule has 2 aromatic carbocycles. The van der Waals surface area contributed by atoms with E-state index in [-0.39, 0.29) is 0 Å². The lowest BCUT2D eigenvalue weighted by Gasteiger charge is -2.29. The number of rotatable bonds is 5. The highest BCUT2D eigenvalue weighted by molar-refractivity contribution is 5.59. The fourth-order valence-electron chi connectivity index (χ4n) is 3.59. The minimum Gasteiger partial charge on any atom is -0.356 e. The molecule has 1 aliphatic rings. The van der Waals surface area contributed by atoms with Crippen LogP contribution < -0.4 is 9.80 Å². The van der Waals surface area contributed by atoms with Crippen LogP contribution in [0.2, 0.25) is 0 Å². The average Bonchev–Trinajstić information content (AvgIpc) is 2.73. The van der Waals surface area contributed by atoms with Crippen LogP contribution in [0.25, 0.3) is 0 Å². The van der Waals surface area contributed by atoms with E-state index in [0.717, 1.165) is 42.8 Å². The van der Waals surface area contributed by atoms with Gasteiger partial charge in [-0.3, -0.25) is 0 Å². The Morgan fingerprint density at radius 1 is 0.852 bits per heavy atom. The van der Waals surface area contributed by atoms with Gasteiger partial charge in [-0.05, 0) is 43.9 Å². The highest BCUT2D eigenvalue weighted by Crippen LogP contribution is 2.27. The van der Waals surface area contributed by atoms with Crippen molar-refractivity contribution in [3.63, 3.8) is 0 Å². The molecule has 0 spiro atoms. The fourth-order valence-corrected chi connectivity index (χ4v) is 3.59. The summed E-state index contributed by atoms with van der Waals surface area (Å²) in [6.07, 6.45) is 3.80. The molecule has 4 heteroatoms. The highest BCUT2D eigenvalue weighted by Gasteiger charge is 2.18. The maximum atomic E-state index is 4.97. The van der Waals surface area contributed by atoms with Crippen LogP contribution in [-0.4, -0.2) is 23.1 Å². The lowest BCUT2D eigenvalue weighted by Crippen LogP contribution is -2.31. The second kappa shape index (κ2) is 8.21. The van der Waals surface area contributed by atoms with Crippen LogP contribution >= 0.6 is 0 Å². The van der Waals surface area contributed by atoms with Gasteiger partial charge in [0.2, 0.25) is 5.95 Å². The van der Waals surface area contributed by atoms with E-state index < -0.39 is 0 Å². The summed E-state index contributed by atoms with van der Waals surface area (Å²) in [6, 6.07) is 23.0. The van der Waals surface area contributed by atoms with Crippen LogP contribution in [0.1, 0.15) is 30.5 Å². The monoisotopic (exact) mass is 358 g/mol. The molecule has 138 valence electrons. The van der Waals surface area contributed by atoms with E-state index in [1.807, 2.05) is 12.1 Å². The first-order chi connectivity index (χ1) is 13.3. The van der Waals surface area contributed by atoms with Gasteiger partial charge < -0.3 is 9.80 Å². The molecule has 0 atom stereocenters. The van der Waals surface area contributed by atoms with Crippen LogP contribution in [0, 0.1) is 6.92 Å². The van der Waals surface area contributed by atoms with Crippen LogP contribution in [-0.2, 0) is 6.54 Å². The average molecular weight is 358 g/mol. The zero-order valence-electron chi connectivity index (χ0n) is 15.9. The normalized spacial score (nSPS) is 14.2. The van der Waals surface area contributed by atoms with Crippen molar-refractivity contribution < 1.29 is 0 Å². The van der Waals surface area contributed by atoms with E-state index in [0.29, 0.717) is 0 Å². The molecule has 0 radical (unpaired) electrons. The number of aryl methyl sites for hydroxylation is 1. The van der Waals surface area contributed by atoms with Crippen LogP contribution in [0.5, 0.6) is 0 Å². The van der Waals surface area contributed by atoms with Gasteiger partial charge in [-0.2, -0.15) is 4.98 Å². The molecule has 4 nitrogen and oxygen atoms in total. The second-order valence-electron chi connectivity index (χ2n) is 7.12. The number of hydrogen-bond donors (Lipinski definition) is 0. The van der Waals surface area contributed by atoms with Gasteiger partial charge in [0.25, 0.3) is 0 Å². The van der Waals surface area contributed by atoms with Crippen molar-refractivity contribution in [1.82, 2.24) is 9.97 Å². The van der Waals surface area contributed by atoms with Gasteiger partial charge in [-0.1, -0.05) is 48.5 Å². The number of para-hydroxylation sites is 1. The van der Waals surface area contributed by atoms with E-state index >= 15 is 0 Å². The van der Waals surface area contributed by atoms with Gasteiger partial charge >= 0.3 is 0 Å². The number of benzene rings is 2. The molecule has 1 aromatic heterocycles. The molecule has 0 amide bonds. The van der Waals surface area contributed by atoms with E-state index in [2.05, 4.69) is 71.3 Å². The summed E-state index contributed by atoms with van der Waals surface area (Å²) < 4.78 is 0. The van der Waals surface area contributed by atoms with Crippen molar-refractivity contribution in [3.05, 3.63) is 78.0 Å². The lowest BCUT2D eigenvalue weighted by atomic mass is 10.1. The Labute approximate surface area is 161 Å². The lowest BCUT2D eigenvalue weighted by molar-refractivity contribution is 0.572. The number of anilines is 3. The third-order valence-electron chi connectivity index (χ3n) is 5.00. The first-order valence-electron chi connectivity index (χ1n) is 9.77. The molecule has 27 heavy (non-hydrogen) atoms. The Hall–Kier alpha value is -2.88. The summed E-state index contributed by atoms with van der Waals surface area (Å²) in [5.74, 6) is 1.82. The summed E-state index contributed by atoms with van der Waals surface area (Å²) in [7, 11) is 0. The molecule has 1 fully saturated rings. The first kappa shape index (κ1) is 17.5. The molecule has 0 saturated carbocycles. The third kappa shape index (κ3) is 4.27. The molecule has 2 heterocycles. The van der Waals surface area contributed by atoms with E-state index in [4.69, 9.17) is 9.97 Å². The maximum Gasteiger partial charge on any atom is 0.232 e. The summed E-state index contributed by atoms with van der Waals surface area (Å²) in [5, 5.41) is 0. The SMILES string of the molecule is Cc1cc(N2CCCCC2)nc(N(Cc2ccccc2)c2ccccc2)n1. The molecule has 1 saturated heterocycles. The second-order valence-corrected chi connectivity index (χ2v) is 7.12. The topological polar surface area (TPSA) is 32.3 Å². The molecule has 4 rings (SSSR count). The Morgan fingerprint density at radius 2 is 1.52 bits per heavy atom. The number of aromatic nitrogens is 2. The molecule has 1 aliphatic heterocycles. The van der Waals surface area contributed by atoms with Crippen LogP contribution in [0.15, 0.2) is 66.7 Å². The Morgan fingerprint density at radius 3 is 2.22 bits per heavy atom. The molecular formula is C23H26N4. The van der Waals surface area contributed by atoms with Gasteiger partial charge in [0.1, 0.15) is 5.82 Å². The van der Waals surface area contributed by atoms with E-state index in [1.54, 1.807) is 0 Å². The van der Waals surface area contributed by atoms with Gasteiger partial charge in [-0.25, -0.2) is 4.98 Å². The maximum absolute atomic E-state index is 4.97. The van der Waals surface area contributed by atoms with Crippen LogP contribution in [0.4, 0.5) is 17.5 Å². The van der Waals surface area contributed by atoms with Crippen molar-refractivity contribution in [2.75, 3.05) is 22.9 Å². The smallest absolute Gasteiger partial charge is 0.232 e. The van der Waals surface area contributed by atoms with E-state index in [1.165, 1.54) is 24.8 Å². The summed E-state index contributed by atoms with van der Waals surface area (Å²) in [6.45, 7) is 4.97. The van der Waals surface area contributed by atoms with Gasteiger partial charge in [0.15, 0.2) is 0 Å². The zero-order chi connectivity index (χ0) is 18.5. The van der Waals surface area contributed by atoms with Crippen molar-refractivity contribution in [2.24, 2.45) is 0 Å². The quantitative estimate of drug-likeness (QED) is 0.634. The van der Waals surface area contributed by atoms with Crippen molar-refractivity contribution in [2.45, 2.75) is 32.7 Å². The number of hydrogen-bond acceptors (Lipinski definition) is 4. The summed E-state index contributed by atoms with van der Waals surface area (Å²) >= 11 is 0. The summed E-state index contributed by atoms with van der Waals surface area (Å²) in [5.41, 5.74) is 3.36. The molecular weight excluding hydrogens is 332 g/mol. The third-order valence-corrected chi connectivity index (χ3v) is 5.00. The Bertz CT molecular complexity index is 858. The van der Waals surface area contributed by atoms with Crippen molar-refractivity contribution in [3.8, 4) is 0 Å². The molecule has 3 aromatic rings. The minimum absolute atomic E-state index is 0.744. The van der Waals surface area contributed by atoms with E-state index in [9.17, 15) is 0 Å². The van der Waals surface area contributed by atoms with Crippen molar-refractivity contribution in [1.29, 1.82) is 0 Å². The van der Waals surface area contributed by atoms with Crippen molar-refractivity contribution >= 4 is 17.5 Å². The first-order valence-corrected chi connectivity index (χ1v) is 9.77. The van der Waals surface area contributed by atoms with Gasteiger partial charge in [-0.15, -0.1) is 0 Å². The Balaban J connectivity index is 1.72. The molecule has 0 bridgehead atoms. The predicted molar refractivity (Wildman–Crippen MR) is 112 cm³/mol. The molecule has 0 N–H and O–H groups in total. The Kier molecular flexibility index (Phi) is 5.33. The predicted octanol–water partition coefficient (Wildman–Crippen LogP) is 5.11. The van der Waals surface area contributed by atoms with Gasteiger partial charge in [0, 0.05) is 30.5 Å². The fraction of sp³-hybridized carbons (Fsp3) is 0.304. The molecule has 0 aliphatic carbocycles. The highest BCUT2D eigenvalue weighted by atomic mass is 15.3. The van der Waals surface area contributed by atoms with Crippen LogP contribution in [0.3, 0.4) is 0 Å². The molecule has 0 unspecified atom stereocenters. The number of nitrogens with zero attached hydrogens (tertiary/aromatic N) is 4. The summed E-state index contributed by atoms with van der Waals surface area (Å²) in [4.78, 5) is 14.4. The standard InChI is InChI=1S/C23H26N4/c1-19-17-22(26-15-9-4-10-16-26)25-23(24-19)27(21-13-7-3-8-14-21)18-20-11-5-2-6-12-20/h2-3,5-8,11-14,17H,4,9-10,15-16,18H2,1H3.